The number of benzene rings is 1. The molecule has 0 aliphatic carbocycles. The van der Waals surface area contributed by atoms with E-state index < -0.39 is 0 Å². The maximum absolute atomic E-state index is 12.0. The summed E-state index contributed by atoms with van der Waals surface area (Å²) in [6.45, 7) is 4.04. The molecule has 0 saturated carbocycles. The number of carbonyl (C=O) groups excluding carboxylic acids is 2. The van der Waals surface area contributed by atoms with Gasteiger partial charge in [-0.3, -0.25) is 19.3 Å². The fraction of sp³-hybridized carbons (Fsp3) is 0.412. The normalized spacial score (nSPS) is 11.1. The van der Waals surface area contributed by atoms with Crippen molar-refractivity contribution in [3.63, 3.8) is 0 Å². The summed E-state index contributed by atoms with van der Waals surface area (Å²) in [5, 5.41) is 5.79. The summed E-state index contributed by atoms with van der Waals surface area (Å²) in [4.78, 5) is 44.3. The first-order valence-electron chi connectivity index (χ1n) is 8.07. The van der Waals surface area contributed by atoms with Gasteiger partial charge in [-0.25, -0.2) is 4.98 Å². The Morgan fingerprint density at radius 2 is 1.96 bits per heavy atom. The van der Waals surface area contributed by atoms with Crippen molar-refractivity contribution in [3.05, 3.63) is 40.4 Å². The summed E-state index contributed by atoms with van der Waals surface area (Å²) in [7, 11) is 1.74. The lowest BCUT2D eigenvalue weighted by atomic mass is 10.2. The number of nitrogens with one attached hydrogen (secondary N) is 3. The van der Waals surface area contributed by atoms with Gasteiger partial charge in [-0.1, -0.05) is 12.1 Å². The standard InChI is InChI=1S/C17H23N5O3/c1-11(2)19-15(23)8-18-16(24)10-22(3)9-14-20-13-7-5-4-6-12(13)17(25)21-14/h4-7,11H,8-10H2,1-3H3,(H,18,24)(H,19,23)(H,20,21,25). The number of amides is 2. The molecule has 25 heavy (non-hydrogen) atoms. The van der Waals surface area contributed by atoms with E-state index in [4.69, 9.17) is 0 Å². The van der Waals surface area contributed by atoms with Crippen LogP contribution in [-0.4, -0.2) is 52.9 Å². The highest BCUT2D eigenvalue weighted by molar-refractivity contribution is 5.85. The van der Waals surface area contributed by atoms with E-state index in [0.29, 0.717) is 23.3 Å². The lowest BCUT2D eigenvalue weighted by Crippen LogP contribution is -2.42. The van der Waals surface area contributed by atoms with Crippen LogP contribution < -0.4 is 16.2 Å². The number of likely N-dealkylation sites (N-methyl/N-ethyl adjacent to an activating group) is 1. The van der Waals surface area contributed by atoms with Gasteiger partial charge in [-0.05, 0) is 33.0 Å². The van der Waals surface area contributed by atoms with Gasteiger partial charge in [0.05, 0.1) is 30.5 Å². The molecule has 1 aromatic heterocycles. The first-order valence-corrected chi connectivity index (χ1v) is 8.07. The van der Waals surface area contributed by atoms with Crippen LogP contribution in [0.25, 0.3) is 10.9 Å². The molecule has 0 aliphatic rings. The SMILES string of the molecule is CC(C)NC(=O)CNC(=O)CN(C)Cc1nc2ccccc2c(=O)[nH]1. The number of fused-ring (bicyclic) bond motifs is 1. The predicted molar refractivity (Wildman–Crippen MR) is 95.0 cm³/mol. The largest absolute Gasteiger partial charge is 0.352 e. The summed E-state index contributed by atoms with van der Waals surface area (Å²) >= 11 is 0. The monoisotopic (exact) mass is 345 g/mol. The van der Waals surface area contributed by atoms with Crippen molar-refractivity contribution in [1.82, 2.24) is 25.5 Å². The third-order valence-electron chi connectivity index (χ3n) is 3.39. The molecule has 1 aromatic carbocycles. The Hall–Kier alpha value is -2.74. The van der Waals surface area contributed by atoms with E-state index in [1.165, 1.54) is 0 Å². The number of H-pyrrole nitrogens is 1. The number of nitrogens with zero attached hydrogens (tertiary/aromatic N) is 2. The number of hydrogen-bond acceptors (Lipinski definition) is 5. The average Bonchev–Trinajstić information content (AvgIpc) is 2.52. The minimum Gasteiger partial charge on any atom is -0.352 e. The van der Waals surface area contributed by atoms with Gasteiger partial charge in [0.1, 0.15) is 5.82 Å². The van der Waals surface area contributed by atoms with Crippen LogP contribution in [0, 0.1) is 0 Å². The third-order valence-corrected chi connectivity index (χ3v) is 3.39. The van der Waals surface area contributed by atoms with Gasteiger partial charge in [-0.2, -0.15) is 0 Å². The molecule has 2 amide bonds. The van der Waals surface area contributed by atoms with Gasteiger partial charge in [-0.15, -0.1) is 0 Å². The fourth-order valence-electron chi connectivity index (χ4n) is 2.37. The average molecular weight is 345 g/mol. The molecular formula is C17H23N5O3. The second kappa shape index (κ2) is 8.39. The quantitative estimate of drug-likeness (QED) is 0.655. The Kier molecular flexibility index (Phi) is 6.24. The number of aromatic nitrogens is 2. The molecule has 8 nitrogen and oxygen atoms in total. The van der Waals surface area contributed by atoms with Crippen molar-refractivity contribution >= 4 is 22.7 Å². The Morgan fingerprint density at radius 1 is 1.24 bits per heavy atom. The zero-order chi connectivity index (χ0) is 18.4. The lowest BCUT2D eigenvalue weighted by Gasteiger charge is -2.16. The molecule has 3 N–H and O–H groups in total. The van der Waals surface area contributed by atoms with E-state index in [2.05, 4.69) is 20.6 Å². The molecule has 0 unspecified atom stereocenters. The minimum absolute atomic E-state index is 0.0304. The maximum atomic E-state index is 12.0. The third kappa shape index (κ3) is 5.68. The molecule has 0 atom stereocenters. The predicted octanol–water partition coefficient (Wildman–Crippen LogP) is -0.00430. The Morgan fingerprint density at radius 3 is 2.68 bits per heavy atom. The van der Waals surface area contributed by atoms with E-state index in [1.54, 1.807) is 30.1 Å². The summed E-state index contributed by atoms with van der Waals surface area (Å²) in [6.07, 6.45) is 0. The van der Waals surface area contributed by atoms with Crippen LogP contribution in [0.15, 0.2) is 29.1 Å². The van der Waals surface area contributed by atoms with Crippen LogP contribution in [0.4, 0.5) is 0 Å². The van der Waals surface area contributed by atoms with E-state index in [1.807, 2.05) is 19.9 Å². The van der Waals surface area contributed by atoms with Gasteiger partial charge in [0.2, 0.25) is 11.8 Å². The van der Waals surface area contributed by atoms with E-state index in [0.717, 1.165) is 0 Å². The molecule has 0 spiro atoms. The van der Waals surface area contributed by atoms with Crippen molar-refractivity contribution in [1.29, 1.82) is 0 Å². The second-order valence-electron chi connectivity index (χ2n) is 6.20. The zero-order valence-corrected chi connectivity index (χ0v) is 14.6. The van der Waals surface area contributed by atoms with Crippen molar-refractivity contribution in [2.75, 3.05) is 20.1 Å². The molecule has 0 aliphatic heterocycles. The van der Waals surface area contributed by atoms with Gasteiger partial charge in [0.15, 0.2) is 0 Å². The van der Waals surface area contributed by atoms with Crippen LogP contribution in [0.2, 0.25) is 0 Å². The minimum atomic E-state index is -0.274. The molecule has 0 bridgehead atoms. The highest BCUT2D eigenvalue weighted by Gasteiger charge is 2.11. The molecule has 0 saturated heterocycles. The van der Waals surface area contributed by atoms with Crippen LogP contribution in [0.1, 0.15) is 19.7 Å². The van der Waals surface area contributed by atoms with Gasteiger partial charge in [0, 0.05) is 6.04 Å². The Balaban J connectivity index is 1.89. The van der Waals surface area contributed by atoms with Crippen LogP contribution >= 0.6 is 0 Å². The highest BCUT2D eigenvalue weighted by atomic mass is 16.2. The summed E-state index contributed by atoms with van der Waals surface area (Å²) in [6, 6.07) is 7.11. The van der Waals surface area contributed by atoms with E-state index >= 15 is 0 Å². The van der Waals surface area contributed by atoms with Crippen molar-refractivity contribution in [3.8, 4) is 0 Å². The smallest absolute Gasteiger partial charge is 0.258 e. The first-order chi connectivity index (χ1) is 11.8. The number of carbonyl (C=O) groups is 2. The molecule has 134 valence electrons. The second-order valence-corrected chi connectivity index (χ2v) is 6.20. The number of para-hydroxylation sites is 1. The zero-order valence-electron chi connectivity index (χ0n) is 14.6. The molecule has 2 aromatic rings. The van der Waals surface area contributed by atoms with Crippen molar-refractivity contribution in [2.24, 2.45) is 0 Å². The lowest BCUT2D eigenvalue weighted by molar-refractivity contribution is -0.126. The van der Waals surface area contributed by atoms with Gasteiger partial charge < -0.3 is 15.6 Å². The van der Waals surface area contributed by atoms with Crippen LogP contribution in [-0.2, 0) is 16.1 Å². The Labute approximate surface area is 145 Å². The number of aromatic amines is 1. The van der Waals surface area contributed by atoms with Crippen molar-refractivity contribution < 1.29 is 9.59 Å². The van der Waals surface area contributed by atoms with Crippen LogP contribution in [0.5, 0.6) is 0 Å². The summed E-state index contributed by atoms with van der Waals surface area (Å²) in [5.41, 5.74) is 0.410. The van der Waals surface area contributed by atoms with Crippen LogP contribution in [0.3, 0.4) is 0 Å². The number of rotatable bonds is 7. The molecular weight excluding hydrogens is 322 g/mol. The molecule has 0 fully saturated rings. The Bertz CT molecular complexity index is 815. The molecule has 2 rings (SSSR count). The topological polar surface area (TPSA) is 107 Å². The number of hydrogen-bond donors (Lipinski definition) is 3. The molecule has 8 heteroatoms. The van der Waals surface area contributed by atoms with E-state index in [-0.39, 0.29) is 36.5 Å². The highest BCUT2D eigenvalue weighted by Crippen LogP contribution is 2.06. The first kappa shape index (κ1) is 18.6. The maximum Gasteiger partial charge on any atom is 0.258 e. The summed E-state index contributed by atoms with van der Waals surface area (Å²) < 4.78 is 0. The van der Waals surface area contributed by atoms with Crippen molar-refractivity contribution in [2.45, 2.75) is 26.4 Å². The molecule has 1 heterocycles. The van der Waals surface area contributed by atoms with Gasteiger partial charge >= 0.3 is 0 Å². The molecule has 0 radical (unpaired) electrons. The fourth-order valence-corrected chi connectivity index (χ4v) is 2.37. The summed E-state index contributed by atoms with van der Waals surface area (Å²) in [5.74, 6) is -0.0207. The van der Waals surface area contributed by atoms with Gasteiger partial charge in [0.25, 0.3) is 5.56 Å². The van der Waals surface area contributed by atoms with E-state index in [9.17, 15) is 14.4 Å².